The van der Waals surface area contributed by atoms with Crippen molar-refractivity contribution in [2.45, 2.75) is 37.8 Å². The number of alkyl carbamates (subject to hydrolysis) is 1. The second-order valence-electron chi connectivity index (χ2n) is 8.78. The number of benzene rings is 2. The number of hydrogen-bond donors (Lipinski definition) is 7. The van der Waals surface area contributed by atoms with Crippen molar-refractivity contribution >= 4 is 28.9 Å². The highest BCUT2D eigenvalue weighted by Crippen LogP contribution is 2.17. The Kier molecular flexibility index (Phi) is 8.67. The number of hydrogen-bond acceptors (Lipinski definition) is 8. The van der Waals surface area contributed by atoms with Crippen molar-refractivity contribution in [2.24, 2.45) is 0 Å². The van der Waals surface area contributed by atoms with Crippen LogP contribution in [0.15, 0.2) is 54.7 Å². The maximum atomic E-state index is 13.1. The van der Waals surface area contributed by atoms with Crippen molar-refractivity contribution in [3.05, 3.63) is 65.9 Å². The summed E-state index contributed by atoms with van der Waals surface area (Å²) >= 11 is 0. The lowest BCUT2D eigenvalue weighted by atomic mass is 10.0. The Morgan fingerprint density at radius 1 is 1.05 bits per heavy atom. The highest BCUT2D eigenvalue weighted by Gasteiger charge is 2.42. The number of aliphatic carboxylic acids is 1. The van der Waals surface area contributed by atoms with E-state index in [1.807, 2.05) is 6.07 Å². The highest BCUT2D eigenvalue weighted by molar-refractivity contribution is 6.01. The van der Waals surface area contributed by atoms with Gasteiger partial charge in [0.05, 0.1) is 11.7 Å². The Hall–Kier alpha value is -4.00. The van der Waals surface area contributed by atoms with Crippen molar-refractivity contribution < 1.29 is 24.2 Å². The van der Waals surface area contributed by atoms with E-state index in [4.69, 9.17) is 4.74 Å². The van der Waals surface area contributed by atoms with Gasteiger partial charge in [0.25, 0.3) is 5.91 Å². The van der Waals surface area contributed by atoms with Crippen molar-refractivity contribution in [1.82, 2.24) is 36.8 Å². The van der Waals surface area contributed by atoms with Gasteiger partial charge in [-0.3, -0.25) is 31.2 Å². The second-order valence-corrected chi connectivity index (χ2v) is 8.78. The monoisotopic (exact) mass is 509 g/mol. The van der Waals surface area contributed by atoms with E-state index in [2.05, 4.69) is 36.8 Å². The molecule has 12 heteroatoms. The topological polar surface area (TPSA) is 169 Å². The van der Waals surface area contributed by atoms with Crippen LogP contribution in [0.4, 0.5) is 4.79 Å². The first-order chi connectivity index (χ1) is 17.9. The molecule has 1 aliphatic rings. The molecule has 0 spiro atoms. The van der Waals surface area contributed by atoms with Crippen LogP contribution < -0.4 is 26.6 Å². The Balaban J connectivity index is 1.44. The number of carbonyl (C=O) groups excluding carboxylic acids is 2. The standard InChI is InChI=1S/C25H31N7O5/c33-21(18-8-9-20-19(14-18)15-29-32-20)30-25(22(34)35,10-4-5-11-26-23-27-12-13-28-23)31-24(36)37-16-17-6-2-1-3-7-17/h1-3,6-9,14-15,23,26-28H,4-5,10-13,16H2,(H,29,32)(H,30,33)(H,31,36)(H,34,35). The van der Waals surface area contributed by atoms with E-state index in [-0.39, 0.29) is 24.9 Å². The smallest absolute Gasteiger partial charge is 0.409 e. The number of nitrogens with one attached hydrogen (secondary N) is 6. The number of rotatable bonds is 12. The molecule has 3 aromatic rings. The van der Waals surface area contributed by atoms with E-state index in [9.17, 15) is 19.5 Å². The highest BCUT2D eigenvalue weighted by atomic mass is 16.5. The Morgan fingerprint density at radius 2 is 1.84 bits per heavy atom. The number of amides is 2. The summed E-state index contributed by atoms with van der Waals surface area (Å²) in [6.07, 6.45) is 1.60. The largest absolute Gasteiger partial charge is 0.478 e. The van der Waals surface area contributed by atoms with E-state index in [0.29, 0.717) is 24.8 Å². The minimum Gasteiger partial charge on any atom is -0.478 e. The molecular weight excluding hydrogens is 478 g/mol. The van der Waals surface area contributed by atoms with Gasteiger partial charge in [0, 0.05) is 30.5 Å². The van der Waals surface area contributed by atoms with E-state index in [1.54, 1.807) is 48.7 Å². The van der Waals surface area contributed by atoms with Crippen LogP contribution in [0.25, 0.3) is 10.9 Å². The molecule has 1 saturated heterocycles. The molecular formula is C25H31N7O5. The molecule has 7 N–H and O–H groups in total. The number of H-pyrrole nitrogens is 1. The predicted octanol–water partition coefficient (Wildman–Crippen LogP) is 1.24. The lowest BCUT2D eigenvalue weighted by molar-refractivity contribution is -0.146. The Bertz CT molecular complexity index is 1210. The van der Waals surface area contributed by atoms with Gasteiger partial charge in [-0.25, -0.2) is 9.59 Å². The summed E-state index contributed by atoms with van der Waals surface area (Å²) in [5.41, 5.74) is -0.349. The number of nitrogens with zero attached hydrogens (tertiary/aromatic N) is 1. The van der Waals surface area contributed by atoms with Gasteiger partial charge in [-0.1, -0.05) is 30.3 Å². The summed E-state index contributed by atoms with van der Waals surface area (Å²) in [5, 5.41) is 32.3. The van der Waals surface area contributed by atoms with Gasteiger partial charge in [-0.05, 0) is 43.1 Å². The van der Waals surface area contributed by atoms with Crippen molar-refractivity contribution in [2.75, 3.05) is 19.6 Å². The van der Waals surface area contributed by atoms with Crippen LogP contribution in [0.1, 0.15) is 35.2 Å². The van der Waals surface area contributed by atoms with Crippen molar-refractivity contribution in [3.8, 4) is 0 Å². The number of carboxylic acids is 1. The lowest BCUT2D eigenvalue weighted by Crippen LogP contribution is -2.65. The fraction of sp³-hybridized carbons (Fsp3) is 0.360. The minimum absolute atomic E-state index is 0.00728. The number of carboxylic acid groups (broad SMARTS) is 1. The van der Waals surface area contributed by atoms with Crippen LogP contribution in [0, 0.1) is 0 Å². The first-order valence-corrected chi connectivity index (χ1v) is 12.1. The zero-order valence-corrected chi connectivity index (χ0v) is 20.3. The summed E-state index contributed by atoms with van der Waals surface area (Å²) in [5.74, 6) is -2.04. The molecule has 1 aliphatic heterocycles. The Morgan fingerprint density at radius 3 is 2.59 bits per heavy atom. The molecule has 0 bridgehead atoms. The molecule has 12 nitrogen and oxygen atoms in total. The zero-order valence-electron chi connectivity index (χ0n) is 20.3. The maximum absolute atomic E-state index is 13.1. The molecule has 1 aromatic heterocycles. The predicted molar refractivity (Wildman–Crippen MR) is 135 cm³/mol. The number of aromatic amines is 1. The van der Waals surface area contributed by atoms with E-state index in [1.165, 1.54) is 0 Å². The van der Waals surface area contributed by atoms with E-state index in [0.717, 1.165) is 24.2 Å². The van der Waals surface area contributed by atoms with Gasteiger partial charge >= 0.3 is 12.1 Å². The first kappa shape index (κ1) is 26.1. The number of ether oxygens (including phenoxy) is 1. The van der Waals surface area contributed by atoms with Gasteiger partial charge < -0.3 is 15.2 Å². The van der Waals surface area contributed by atoms with Gasteiger partial charge in [0.15, 0.2) is 0 Å². The number of carbonyl (C=O) groups is 3. The van der Waals surface area contributed by atoms with E-state index >= 15 is 0 Å². The van der Waals surface area contributed by atoms with Crippen molar-refractivity contribution in [3.63, 3.8) is 0 Å². The summed E-state index contributed by atoms with van der Waals surface area (Å²) in [4.78, 5) is 38.3. The molecule has 2 heterocycles. The molecule has 1 fully saturated rings. The number of unbranched alkanes of at least 4 members (excludes halogenated alkanes) is 1. The summed E-state index contributed by atoms with van der Waals surface area (Å²) < 4.78 is 5.26. The normalized spacial score (nSPS) is 15.2. The van der Waals surface area contributed by atoms with Gasteiger partial charge in [0.2, 0.25) is 5.66 Å². The molecule has 1 atom stereocenters. The molecule has 4 rings (SSSR count). The van der Waals surface area contributed by atoms with Crippen molar-refractivity contribution in [1.29, 1.82) is 0 Å². The molecule has 0 aliphatic carbocycles. The molecule has 2 aromatic carbocycles. The molecule has 196 valence electrons. The molecule has 2 amide bonds. The third kappa shape index (κ3) is 7.03. The molecule has 0 saturated carbocycles. The van der Waals surface area contributed by atoms with Crippen LogP contribution >= 0.6 is 0 Å². The Labute approximate surface area is 213 Å². The summed E-state index contributed by atoms with van der Waals surface area (Å²) in [7, 11) is 0. The van der Waals surface area contributed by atoms with Crippen LogP contribution in [-0.4, -0.2) is 64.9 Å². The second kappa shape index (κ2) is 12.3. The summed E-state index contributed by atoms with van der Waals surface area (Å²) in [6.45, 7) is 2.31. The summed E-state index contributed by atoms with van der Waals surface area (Å²) in [6, 6.07) is 13.8. The van der Waals surface area contributed by atoms with Crippen LogP contribution in [0.3, 0.4) is 0 Å². The minimum atomic E-state index is -2.07. The first-order valence-electron chi connectivity index (χ1n) is 12.1. The lowest BCUT2D eigenvalue weighted by Gasteiger charge is -2.31. The van der Waals surface area contributed by atoms with Crippen LogP contribution in [0.2, 0.25) is 0 Å². The third-order valence-corrected chi connectivity index (χ3v) is 6.07. The van der Waals surface area contributed by atoms with Gasteiger partial charge in [0.1, 0.15) is 12.9 Å². The van der Waals surface area contributed by atoms with Crippen LogP contribution in [-0.2, 0) is 16.1 Å². The quantitative estimate of drug-likeness (QED) is 0.140. The zero-order chi connectivity index (χ0) is 26.1. The number of fused-ring (bicyclic) bond motifs is 1. The maximum Gasteiger partial charge on any atom is 0.409 e. The van der Waals surface area contributed by atoms with Gasteiger partial charge in [-0.2, -0.15) is 5.10 Å². The average Bonchev–Trinajstić information content (AvgIpc) is 3.59. The fourth-order valence-corrected chi connectivity index (χ4v) is 4.06. The number of aromatic nitrogens is 2. The fourth-order valence-electron chi connectivity index (χ4n) is 4.06. The molecule has 1 unspecified atom stereocenters. The third-order valence-electron chi connectivity index (χ3n) is 6.07. The average molecular weight is 510 g/mol. The SMILES string of the molecule is O=C(NC(CCCCNC1NCCN1)(NC(=O)c1ccc2[nH]ncc2c1)C(=O)O)OCc1ccccc1. The van der Waals surface area contributed by atoms with E-state index < -0.39 is 23.6 Å². The molecule has 0 radical (unpaired) electrons. The van der Waals surface area contributed by atoms with Gasteiger partial charge in [-0.15, -0.1) is 0 Å². The molecule has 37 heavy (non-hydrogen) atoms. The van der Waals surface area contributed by atoms with Crippen LogP contribution in [0.5, 0.6) is 0 Å².